The van der Waals surface area contributed by atoms with Gasteiger partial charge in [-0.1, -0.05) is 56.0 Å². The van der Waals surface area contributed by atoms with Crippen LogP contribution in [-0.4, -0.2) is 28.3 Å². The van der Waals surface area contributed by atoms with E-state index in [1.807, 2.05) is 6.07 Å². The Balaban J connectivity index is 1.74. The fraction of sp³-hybridized carbons (Fsp3) is 0.292. The van der Waals surface area contributed by atoms with Crippen LogP contribution in [0.1, 0.15) is 48.7 Å². The number of aromatic nitrogens is 2. The summed E-state index contributed by atoms with van der Waals surface area (Å²) in [6, 6.07) is 13.0. The third-order valence-corrected chi connectivity index (χ3v) is 5.30. The maximum absolute atomic E-state index is 12.8. The highest BCUT2D eigenvalue weighted by molar-refractivity contribution is 6.32. The summed E-state index contributed by atoms with van der Waals surface area (Å²) < 4.78 is 6.45. The number of hydrogen-bond donors (Lipinski definition) is 1. The summed E-state index contributed by atoms with van der Waals surface area (Å²) in [5.41, 5.74) is 0.358. The van der Waals surface area contributed by atoms with Gasteiger partial charge in [0, 0.05) is 17.6 Å². The molecule has 0 saturated heterocycles. The first kappa shape index (κ1) is 24.0. The van der Waals surface area contributed by atoms with Crippen molar-refractivity contribution < 1.29 is 14.3 Å². The van der Waals surface area contributed by atoms with Crippen molar-refractivity contribution in [2.45, 2.75) is 39.2 Å². The Kier molecular flexibility index (Phi) is 8.17. The summed E-state index contributed by atoms with van der Waals surface area (Å²) in [4.78, 5) is 37.7. The number of benzene rings is 2. The highest BCUT2D eigenvalue weighted by Crippen LogP contribution is 2.20. The first-order valence-electron chi connectivity index (χ1n) is 10.6. The molecule has 1 amide bonds. The summed E-state index contributed by atoms with van der Waals surface area (Å²) in [6.07, 6.45) is 3.84. The molecule has 0 aliphatic heterocycles. The van der Waals surface area contributed by atoms with Gasteiger partial charge in [0.05, 0.1) is 16.0 Å². The highest BCUT2D eigenvalue weighted by atomic mass is 35.5. The number of carbonyl (C=O) groups excluding carboxylic acids is 2. The largest absolute Gasteiger partial charge is 0.451 e. The van der Waals surface area contributed by atoms with Gasteiger partial charge in [0.15, 0.2) is 12.3 Å². The summed E-state index contributed by atoms with van der Waals surface area (Å²) in [5.74, 6) is -1.39. The fourth-order valence-corrected chi connectivity index (χ4v) is 3.53. The molecule has 3 rings (SSSR count). The van der Waals surface area contributed by atoms with E-state index in [2.05, 4.69) is 17.3 Å². The maximum Gasteiger partial charge on any atom is 0.359 e. The Morgan fingerprint density at radius 2 is 1.91 bits per heavy atom. The Hall–Kier alpha value is -3.70. The molecule has 0 spiro atoms. The van der Waals surface area contributed by atoms with Gasteiger partial charge in [-0.3, -0.25) is 9.59 Å². The summed E-state index contributed by atoms with van der Waals surface area (Å²) in [5, 5.41) is 16.7. The number of carbonyl (C=O) groups is 2. The van der Waals surface area contributed by atoms with Gasteiger partial charge < -0.3 is 10.1 Å². The predicted octanol–water partition coefficient (Wildman–Crippen LogP) is 4.30. The number of fused-ring (bicyclic) bond motifs is 1. The van der Waals surface area contributed by atoms with Crippen LogP contribution in [0, 0.1) is 11.3 Å². The van der Waals surface area contributed by atoms with E-state index in [4.69, 9.17) is 21.6 Å². The SMILES string of the molecule is CCCCCCn1nc(C(=O)OCC(=O)Nc2ccc(C#N)c(Cl)c2)c2ccccc2c1=O. The minimum absolute atomic E-state index is 0.0186. The van der Waals surface area contributed by atoms with Gasteiger partial charge in [0.2, 0.25) is 0 Å². The number of nitriles is 1. The zero-order valence-electron chi connectivity index (χ0n) is 18.1. The quantitative estimate of drug-likeness (QED) is 0.371. The second kappa shape index (κ2) is 11.2. The number of nitrogens with one attached hydrogen (secondary N) is 1. The topological polar surface area (TPSA) is 114 Å². The second-order valence-corrected chi connectivity index (χ2v) is 7.82. The summed E-state index contributed by atoms with van der Waals surface area (Å²) in [7, 11) is 0. The molecule has 1 aromatic heterocycles. The molecule has 0 atom stereocenters. The van der Waals surface area contributed by atoms with Gasteiger partial charge in [0.25, 0.3) is 11.5 Å². The molecule has 3 aromatic rings. The van der Waals surface area contributed by atoms with E-state index in [1.165, 1.54) is 22.9 Å². The molecule has 1 N–H and O–H groups in total. The molecule has 0 bridgehead atoms. The first-order chi connectivity index (χ1) is 15.9. The van der Waals surface area contributed by atoms with Crippen LogP contribution in [0.5, 0.6) is 0 Å². The average Bonchev–Trinajstić information content (AvgIpc) is 2.82. The molecule has 0 fully saturated rings. The van der Waals surface area contributed by atoms with E-state index in [0.29, 0.717) is 23.0 Å². The van der Waals surface area contributed by atoms with Gasteiger partial charge in [-0.2, -0.15) is 10.4 Å². The number of rotatable bonds is 9. The molecule has 0 radical (unpaired) electrons. The lowest BCUT2D eigenvalue weighted by atomic mass is 10.1. The number of amides is 1. The Labute approximate surface area is 195 Å². The van der Waals surface area contributed by atoms with Crippen molar-refractivity contribution in [1.29, 1.82) is 5.26 Å². The highest BCUT2D eigenvalue weighted by Gasteiger charge is 2.19. The molecule has 9 heteroatoms. The predicted molar refractivity (Wildman–Crippen MR) is 125 cm³/mol. The summed E-state index contributed by atoms with van der Waals surface area (Å²) >= 11 is 5.96. The third-order valence-electron chi connectivity index (χ3n) is 4.99. The Morgan fingerprint density at radius 1 is 1.15 bits per heavy atom. The van der Waals surface area contributed by atoms with Crippen molar-refractivity contribution in [2.75, 3.05) is 11.9 Å². The molecule has 33 heavy (non-hydrogen) atoms. The smallest absolute Gasteiger partial charge is 0.359 e. The van der Waals surface area contributed by atoms with Crippen molar-refractivity contribution in [1.82, 2.24) is 9.78 Å². The molecule has 8 nitrogen and oxygen atoms in total. The van der Waals surface area contributed by atoms with Crippen LogP contribution in [0.4, 0.5) is 5.69 Å². The number of halogens is 1. The average molecular weight is 467 g/mol. The number of esters is 1. The molecular formula is C24H23ClN4O4. The van der Waals surface area contributed by atoms with Crippen molar-refractivity contribution in [3.8, 4) is 6.07 Å². The van der Waals surface area contributed by atoms with Crippen molar-refractivity contribution >= 4 is 39.9 Å². The van der Waals surface area contributed by atoms with Gasteiger partial charge >= 0.3 is 5.97 Å². The zero-order valence-corrected chi connectivity index (χ0v) is 18.9. The van der Waals surface area contributed by atoms with Crippen LogP contribution in [0.2, 0.25) is 5.02 Å². The first-order valence-corrected chi connectivity index (χ1v) is 11.0. The Morgan fingerprint density at radius 3 is 2.61 bits per heavy atom. The standard InChI is InChI=1S/C24H23ClN4O4/c1-2-3-4-7-12-29-23(31)19-9-6-5-8-18(19)22(28-29)24(32)33-15-21(30)27-17-11-10-16(14-26)20(25)13-17/h5-6,8-11,13H,2-4,7,12,15H2,1H3,(H,27,30). The lowest BCUT2D eigenvalue weighted by molar-refractivity contribution is -0.119. The van der Waals surface area contributed by atoms with Crippen LogP contribution < -0.4 is 10.9 Å². The van der Waals surface area contributed by atoms with Crippen molar-refractivity contribution in [3.63, 3.8) is 0 Å². The van der Waals surface area contributed by atoms with E-state index in [-0.39, 0.29) is 21.8 Å². The van der Waals surface area contributed by atoms with Crippen LogP contribution in [0.15, 0.2) is 47.3 Å². The summed E-state index contributed by atoms with van der Waals surface area (Å²) in [6.45, 7) is 1.94. The van der Waals surface area contributed by atoms with E-state index in [1.54, 1.807) is 24.3 Å². The molecule has 170 valence electrons. The van der Waals surface area contributed by atoms with E-state index in [0.717, 1.165) is 25.7 Å². The van der Waals surface area contributed by atoms with E-state index in [9.17, 15) is 14.4 Å². The van der Waals surface area contributed by atoms with Crippen molar-refractivity contribution in [2.24, 2.45) is 0 Å². The molecule has 0 unspecified atom stereocenters. The van der Waals surface area contributed by atoms with Crippen molar-refractivity contribution in [3.05, 3.63) is 69.1 Å². The molecule has 0 aliphatic rings. The molecular weight excluding hydrogens is 444 g/mol. The van der Waals surface area contributed by atoms with E-state index < -0.39 is 18.5 Å². The molecule has 0 aliphatic carbocycles. The minimum atomic E-state index is -0.804. The Bertz CT molecular complexity index is 1280. The molecule has 2 aromatic carbocycles. The van der Waals surface area contributed by atoms with E-state index >= 15 is 0 Å². The second-order valence-electron chi connectivity index (χ2n) is 7.41. The monoisotopic (exact) mass is 466 g/mol. The molecule has 1 heterocycles. The fourth-order valence-electron chi connectivity index (χ4n) is 3.31. The van der Waals surface area contributed by atoms with Crippen LogP contribution in [0.25, 0.3) is 10.8 Å². The third kappa shape index (κ3) is 5.96. The van der Waals surface area contributed by atoms with Gasteiger partial charge in [0.1, 0.15) is 6.07 Å². The number of hydrogen-bond acceptors (Lipinski definition) is 6. The normalized spacial score (nSPS) is 10.6. The van der Waals surface area contributed by atoms with Gasteiger partial charge in [-0.05, 0) is 30.7 Å². The number of nitrogens with zero attached hydrogens (tertiary/aromatic N) is 3. The zero-order chi connectivity index (χ0) is 23.8. The lowest BCUT2D eigenvalue weighted by Crippen LogP contribution is -2.28. The number of unbranched alkanes of at least 4 members (excludes halogenated alkanes) is 3. The van der Waals surface area contributed by atoms with Gasteiger partial charge in [-0.15, -0.1) is 0 Å². The van der Waals surface area contributed by atoms with Gasteiger partial charge in [-0.25, -0.2) is 9.48 Å². The number of aryl methyl sites for hydroxylation is 1. The molecule has 0 saturated carbocycles. The number of anilines is 1. The maximum atomic E-state index is 12.8. The number of ether oxygens (including phenoxy) is 1. The van der Waals surface area contributed by atoms with Crippen LogP contribution >= 0.6 is 11.6 Å². The lowest BCUT2D eigenvalue weighted by Gasteiger charge is -2.11. The van der Waals surface area contributed by atoms with Crippen LogP contribution in [0.3, 0.4) is 0 Å². The van der Waals surface area contributed by atoms with Crippen LogP contribution in [-0.2, 0) is 16.1 Å². The minimum Gasteiger partial charge on any atom is -0.451 e.